The zero-order valence-electron chi connectivity index (χ0n) is 12.3. The zero-order chi connectivity index (χ0) is 14.3. The number of hydrogen-bond acceptors (Lipinski definition) is 3. The van der Waals surface area contributed by atoms with Crippen molar-refractivity contribution in [1.29, 1.82) is 0 Å². The average Bonchev–Trinajstić information content (AvgIpc) is 2.67. The van der Waals surface area contributed by atoms with E-state index in [-0.39, 0.29) is 11.0 Å². The standard InChI is InChI=1S/C16H21NO2/c1-15(2,3)12-6-7-13(11(8-12)9-18)14-17-16(4,5)10-19-14/h6-9H,10H2,1-5H3. The Morgan fingerprint density at radius 2 is 2.00 bits per heavy atom. The Balaban J connectivity index is 2.46. The van der Waals surface area contributed by atoms with Crippen molar-refractivity contribution in [1.82, 2.24) is 0 Å². The minimum absolute atomic E-state index is 0.0217. The highest BCUT2D eigenvalue weighted by Gasteiger charge is 2.28. The average molecular weight is 259 g/mol. The van der Waals surface area contributed by atoms with Crippen LogP contribution in [0.15, 0.2) is 23.2 Å². The fourth-order valence-corrected chi connectivity index (χ4v) is 2.04. The lowest BCUT2D eigenvalue weighted by Gasteiger charge is -2.20. The highest BCUT2D eigenvalue weighted by atomic mass is 16.5. The first kappa shape index (κ1) is 13.8. The summed E-state index contributed by atoms with van der Waals surface area (Å²) in [6.07, 6.45) is 0.877. The normalized spacial score (nSPS) is 17.8. The molecule has 0 saturated heterocycles. The second-order valence-corrected chi connectivity index (χ2v) is 6.69. The van der Waals surface area contributed by atoms with Crippen LogP contribution in [0.1, 0.15) is 56.1 Å². The van der Waals surface area contributed by atoms with E-state index >= 15 is 0 Å². The first-order valence-corrected chi connectivity index (χ1v) is 6.56. The first-order chi connectivity index (χ1) is 8.73. The van der Waals surface area contributed by atoms with E-state index in [1.165, 1.54) is 0 Å². The van der Waals surface area contributed by atoms with Crippen LogP contribution in [-0.2, 0) is 10.2 Å². The molecule has 1 aliphatic heterocycles. The van der Waals surface area contributed by atoms with Gasteiger partial charge in [-0.3, -0.25) is 4.79 Å². The molecule has 0 N–H and O–H groups in total. The third-order valence-electron chi connectivity index (χ3n) is 3.24. The molecular weight excluding hydrogens is 238 g/mol. The zero-order valence-corrected chi connectivity index (χ0v) is 12.3. The Hall–Kier alpha value is -1.64. The third-order valence-corrected chi connectivity index (χ3v) is 3.24. The molecule has 0 atom stereocenters. The number of carbonyl (C=O) groups is 1. The van der Waals surface area contributed by atoms with Crippen LogP contribution in [0.2, 0.25) is 0 Å². The van der Waals surface area contributed by atoms with Crippen LogP contribution < -0.4 is 0 Å². The minimum Gasteiger partial charge on any atom is -0.475 e. The molecule has 0 saturated carbocycles. The van der Waals surface area contributed by atoms with Crippen LogP contribution >= 0.6 is 0 Å². The topological polar surface area (TPSA) is 38.7 Å². The van der Waals surface area contributed by atoms with E-state index < -0.39 is 0 Å². The quantitative estimate of drug-likeness (QED) is 0.764. The maximum Gasteiger partial charge on any atom is 0.217 e. The van der Waals surface area contributed by atoms with Crippen molar-refractivity contribution in [2.75, 3.05) is 6.61 Å². The Morgan fingerprint density at radius 1 is 1.32 bits per heavy atom. The van der Waals surface area contributed by atoms with Gasteiger partial charge >= 0.3 is 0 Å². The van der Waals surface area contributed by atoms with Gasteiger partial charge in [0, 0.05) is 11.1 Å². The predicted octanol–water partition coefficient (Wildman–Crippen LogP) is 3.35. The third kappa shape index (κ3) is 2.86. The van der Waals surface area contributed by atoms with Crippen molar-refractivity contribution in [3.63, 3.8) is 0 Å². The molecule has 0 spiro atoms. The van der Waals surface area contributed by atoms with Crippen molar-refractivity contribution in [3.8, 4) is 0 Å². The molecule has 0 unspecified atom stereocenters. The van der Waals surface area contributed by atoms with Gasteiger partial charge in [0.15, 0.2) is 6.29 Å². The second-order valence-electron chi connectivity index (χ2n) is 6.69. The summed E-state index contributed by atoms with van der Waals surface area (Å²) in [5.74, 6) is 0.576. The number of aliphatic imine (C=N–C) groups is 1. The molecule has 0 aliphatic carbocycles. The van der Waals surface area contributed by atoms with Gasteiger partial charge in [-0.1, -0.05) is 26.8 Å². The number of rotatable bonds is 2. The van der Waals surface area contributed by atoms with Gasteiger partial charge in [-0.2, -0.15) is 0 Å². The summed E-state index contributed by atoms with van der Waals surface area (Å²) < 4.78 is 5.61. The van der Waals surface area contributed by atoms with Crippen LogP contribution in [-0.4, -0.2) is 24.3 Å². The summed E-state index contributed by atoms with van der Waals surface area (Å²) in [7, 11) is 0. The SMILES string of the molecule is CC1(C)COC(c2ccc(C(C)(C)C)cc2C=O)=N1. The van der Waals surface area contributed by atoms with Gasteiger partial charge in [0.05, 0.1) is 5.54 Å². The minimum atomic E-state index is -0.210. The number of nitrogens with zero attached hydrogens (tertiary/aromatic N) is 1. The molecule has 0 radical (unpaired) electrons. The predicted molar refractivity (Wildman–Crippen MR) is 77.1 cm³/mol. The van der Waals surface area contributed by atoms with E-state index in [9.17, 15) is 4.79 Å². The van der Waals surface area contributed by atoms with E-state index in [4.69, 9.17) is 4.74 Å². The van der Waals surface area contributed by atoms with E-state index in [0.29, 0.717) is 18.1 Å². The fraction of sp³-hybridized carbons (Fsp3) is 0.500. The molecule has 0 aromatic heterocycles. The maximum absolute atomic E-state index is 11.3. The van der Waals surface area contributed by atoms with Crippen LogP contribution in [0.5, 0.6) is 0 Å². The van der Waals surface area contributed by atoms with Crippen molar-refractivity contribution < 1.29 is 9.53 Å². The molecule has 1 heterocycles. The maximum atomic E-state index is 11.3. The molecule has 2 rings (SSSR count). The Bertz CT molecular complexity index is 536. The number of hydrogen-bond donors (Lipinski definition) is 0. The monoisotopic (exact) mass is 259 g/mol. The van der Waals surface area contributed by atoms with E-state index in [1.807, 2.05) is 32.0 Å². The van der Waals surface area contributed by atoms with Gasteiger partial charge in [0.25, 0.3) is 0 Å². The first-order valence-electron chi connectivity index (χ1n) is 6.56. The number of ether oxygens (including phenoxy) is 1. The molecule has 0 fully saturated rings. The Kier molecular flexibility index (Phi) is 3.25. The van der Waals surface area contributed by atoms with Gasteiger partial charge in [0.1, 0.15) is 6.61 Å². The van der Waals surface area contributed by atoms with Crippen molar-refractivity contribution in [3.05, 3.63) is 34.9 Å². The van der Waals surface area contributed by atoms with Crippen LogP contribution in [0.25, 0.3) is 0 Å². The lowest BCUT2D eigenvalue weighted by atomic mass is 9.85. The summed E-state index contributed by atoms with van der Waals surface area (Å²) in [5, 5.41) is 0. The van der Waals surface area contributed by atoms with Gasteiger partial charge < -0.3 is 4.74 Å². The smallest absolute Gasteiger partial charge is 0.217 e. The molecule has 19 heavy (non-hydrogen) atoms. The van der Waals surface area contributed by atoms with Crippen molar-refractivity contribution in [2.45, 2.75) is 45.6 Å². The summed E-state index contributed by atoms with van der Waals surface area (Å²) in [5.41, 5.74) is 2.38. The summed E-state index contributed by atoms with van der Waals surface area (Å²) >= 11 is 0. The van der Waals surface area contributed by atoms with Crippen LogP contribution in [0, 0.1) is 0 Å². The largest absolute Gasteiger partial charge is 0.475 e. The number of benzene rings is 1. The summed E-state index contributed by atoms with van der Waals surface area (Å²) in [4.78, 5) is 15.8. The molecule has 1 aliphatic rings. The second kappa shape index (κ2) is 4.48. The van der Waals surface area contributed by atoms with E-state index in [2.05, 4.69) is 25.8 Å². The van der Waals surface area contributed by atoms with E-state index in [1.54, 1.807) is 0 Å². The molecule has 3 nitrogen and oxygen atoms in total. The molecule has 0 amide bonds. The van der Waals surface area contributed by atoms with Gasteiger partial charge in [-0.15, -0.1) is 0 Å². The highest BCUT2D eigenvalue weighted by molar-refractivity contribution is 6.02. The van der Waals surface area contributed by atoms with Crippen LogP contribution in [0.3, 0.4) is 0 Å². The van der Waals surface area contributed by atoms with Crippen LogP contribution in [0.4, 0.5) is 0 Å². The molecule has 102 valence electrons. The van der Waals surface area contributed by atoms with E-state index in [0.717, 1.165) is 17.4 Å². The number of carbonyl (C=O) groups excluding carboxylic acids is 1. The van der Waals surface area contributed by atoms with Gasteiger partial charge in [0.2, 0.25) is 5.90 Å². The molecule has 3 heteroatoms. The lowest BCUT2D eigenvalue weighted by Crippen LogP contribution is -2.17. The molecule has 0 bridgehead atoms. The molecular formula is C16H21NO2. The summed E-state index contributed by atoms with van der Waals surface area (Å²) in [6.45, 7) is 11.0. The Labute approximate surface area is 114 Å². The summed E-state index contributed by atoms with van der Waals surface area (Å²) in [6, 6.07) is 5.91. The Morgan fingerprint density at radius 3 is 2.47 bits per heavy atom. The fourth-order valence-electron chi connectivity index (χ4n) is 2.04. The lowest BCUT2D eigenvalue weighted by molar-refractivity contribution is 0.112. The van der Waals surface area contributed by atoms with Crippen molar-refractivity contribution in [2.24, 2.45) is 4.99 Å². The number of aldehydes is 1. The van der Waals surface area contributed by atoms with Crippen molar-refractivity contribution >= 4 is 12.2 Å². The molecule has 1 aromatic rings. The van der Waals surface area contributed by atoms with Gasteiger partial charge in [-0.25, -0.2) is 4.99 Å². The molecule has 1 aromatic carbocycles. The highest BCUT2D eigenvalue weighted by Crippen LogP contribution is 2.27. The van der Waals surface area contributed by atoms with Gasteiger partial charge in [-0.05, 0) is 37.0 Å².